The number of methoxy groups -OCH3 is 1. The fourth-order valence-corrected chi connectivity index (χ4v) is 3.25. The van der Waals surface area contributed by atoms with Crippen LogP contribution in [-0.2, 0) is 14.3 Å². The van der Waals surface area contributed by atoms with E-state index >= 15 is 0 Å². The van der Waals surface area contributed by atoms with Crippen LogP contribution in [0, 0.1) is 6.92 Å². The highest BCUT2D eigenvalue weighted by Crippen LogP contribution is 2.37. The molecule has 0 saturated heterocycles. The minimum atomic E-state index is -0.739. The molecule has 0 unspecified atom stereocenters. The number of rotatable bonds is 7. The number of para-hydroxylation sites is 2. The third-order valence-corrected chi connectivity index (χ3v) is 4.65. The van der Waals surface area contributed by atoms with Crippen LogP contribution in [0.5, 0.6) is 11.5 Å². The lowest BCUT2D eigenvalue weighted by molar-refractivity contribution is -0.149. The van der Waals surface area contributed by atoms with Gasteiger partial charge in [0.05, 0.1) is 22.8 Å². The number of pyridine rings is 1. The van der Waals surface area contributed by atoms with Gasteiger partial charge in [-0.3, -0.25) is 4.79 Å². The second-order valence-electron chi connectivity index (χ2n) is 6.22. The second kappa shape index (κ2) is 9.65. The summed E-state index contributed by atoms with van der Waals surface area (Å²) >= 11 is 12.4. The van der Waals surface area contributed by atoms with Gasteiger partial charge in [0.15, 0.2) is 19.0 Å². The second-order valence-corrected chi connectivity index (χ2v) is 7.03. The van der Waals surface area contributed by atoms with Crippen LogP contribution in [0.15, 0.2) is 42.5 Å². The molecule has 2 aromatic carbocycles. The maximum Gasteiger partial charge on any atom is 0.344 e. The van der Waals surface area contributed by atoms with Gasteiger partial charge in [0, 0.05) is 11.1 Å². The first kappa shape index (κ1) is 21.7. The topological polar surface area (TPSA) is 86.8 Å². The average molecular weight is 449 g/mol. The summed E-state index contributed by atoms with van der Waals surface area (Å²) in [5, 5.41) is 3.89. The van der Waals surface area contributed by atoms with Gasteiger partial charge in [-0.15, -0.1) is 0 Å². The molecule has 1 heterocycles. The normalized spacial score (nSPS) is 10.5. The zero-order valence-corrected chi connectivity index (χ0v) is 17.7. The summed E-state index contributed by atoms with van der Waals surface area (Å²) in [6, 6.07) is 12.0. The third-order valence-electron chi connectivity index (χ3n) is 4.06. The predicted molar refractivity (Wildman–Crippen MR) is 115 cm³/mol. The molecular formula is C21H18Cl2N2O5. The van der Waals surface area contributed by atoms with Gasteiger partial charge >= 0.3 is 5.97 Å². The molecule has 0 aliphatic rings. The SMILES string of the molecule is COc1ccccc1NC(=O)COC(=O)COc1c(Cl)cc(Cl)c2ccc(C)nc12. The Labute approximate surface area is 182 Å². The number of carbonyl (C=O) groups is 2. The number of aromatic nitrogens is 1. The molecule has 156 valence electrons. The number of ether oxygens (including phenoxy) is 3. The number of nitrogens with zero attached hydrogens (tertiary/aromatic N) is 1. The number of benzene rings is 2. The number of fused-ring (bicyclic) bond motifs is 1. The van der Waals surface area contributed by atoms with Gasteiger partial charge in [-0.25, -0.2) is 9.78 Å². The first-order valence-electron chi connectivity index (χ1n) is 8.85. The van der Waals surface area contributed by atoms with Gasteiger partial charge in [-0.1, -0.05) is 35.3 Å². The summed E-state index contributed by atoms with van der Waals surface area (Å²) in [7, 11) is 1.49. The van der Waals surface area contributed by atoms with Crippen molar-refractivity contribution in [3.63, 3.8) is 0 Å². The van der Waals surface area contributed by atoms with Crippen molar-refractivity contribution in [2.24, 2.45) is 0 Å². The van der Waals surface area contributed by atoms with E-state index in [0.717, 1.165) is 5.69 Å². The van der Waals surface area contributed by atoms with E-state index in [1.807, 2.05) is 6.92 Å². The fourth-order valence-electron chi connectivity index (χ4n) is 2.68. The van der Waals surface area contributed by atoms with Crippen LogP contribution in [-0.4, -0.2) is 37.2 Å². The first-order valence-corrected chi connectivity index (χ1v) is 9.61. The molecule has 9 heteroatoms. The van der Waals surface area contributed by atoms with Crippen LogP contribution in [0.1, 0.15) is 5.69 Å². The predicted octanol–water partition coefficient (Wildman–Crippen LogP) is 4.42. The fraction of sp³-hybridized carbons (Fsp3) is 0.190. The van der Waals surface area contributed by atoms with E-state index in [-0.39, 0.29) is 10.8 Å². The summed E-state index contributed by atoms with van der Waals surface area (Å²) in [5.74, 6) is -0.542. The summed E-state index contributed by atoms with van der Waals surface area (Å²) < 4.78 is 15.6. The van der Waals surface area contributed by atoms with E-state index in [1.54, 1.807) is 36.4 Å². The Morgan fingerprint density at radius 1 is 1.07 bits per heavy atom. The Hall–Kier alpha value is -3.03. The van der Waals surface area contributed by atoms with Crippen LogP contribution in [0.2, 0.25) is 10.0 Å². The number of hydrogen-bond acceptors (Lipinski definition) is 6. The lowest BCUT2D eigenvalue weighted by Crippen LogP contribution is -2.24. The molecule has 0 aliphatic heterocycles. The summed E-state index contributed by atoms with van der Waals surface area (Å²) in [6.07, 6.45) is 0. The van der Waals surface area contributed by atoms with Crippen molar-refractivity contribution in [1.29, 1.82) is 0 Å². The molecule has 0 aliphatic carbocycles. The van der Waals surface area contributed by atoms with Gasteiger partial charge in [0.25, 0.3) is 5.91 Å². The number of amides is 1. The number of halogens is 2. The van der Waals surface area contributed by atoms with E-state index in [9.17, 15) is 9.59 Å². The van der Waals surface area contributed by atoms with Crippen molar-refractivity contribution in [3.8, 4) is 11.5 Å². The molecule has 0 saturated carbocycles. The standard InChI is InChI=1S/C21H18Cl2N2O5/c1-12-7-8-13-14(22)9-15(23)21(20(13)24-12)30-11-19(27)29-10-18(26)25-16-5-3-4-6-17(16)28-2/h3-9H,10-11H2,1-2H3,(H,25,26). The maximum absolute atomic E-state index is 12.0. The number of aryl methyl sites for hydroxylation is 1. The zero-order valence-electron chi connectivity index (χ0n) is 16.2. The molecule has 0 radical (unpaired) electrons. The van der Waals surface area contributed by atoms with Crippen molar-refractivity contribution in [1.82, 2.24) is 4.98 Å². The molecular weight excluding hydrogens is 431 g/mol. The van der Waals surface area contributed by atoms with Gasteiger partial charge in [0.2, 0.25) is 0 Å². The van der Waals surface area contributed by atoms with Gasteiger partial charge in [-0.05, 0) is 37.3 Å². The number of hydrogen-bond donors (Lipinski definition) is 1. The molecule has 0 bridgehead atoms. The highest BCUT2D eigenvalue weighted by Gasteiger charge is 2.16. The van der Waals surface area contributed by atoms with Crippen LogP contribution in [0.4, 0.5) is 5.69 Å². The van der Waals surface area contributed by atoms with E-state index in [0.29, 0.717) is 27.4 Å². The molecule has 1 N–H and O–H groups in total. The number of carbonyl (C=O) groups excluding carboxylic acids is 2. The molecule has 1 amide bonds. The monoisotopic (exact) mass is 448 g/mol. The highest BCUT2D eigenvalue weighted by molar-refractivity contribution is 6.39. The van der Waals surface area contributed by atoms with Crippen molar-refractivity contribution in [2.45, 2.75) is 6.92 Å². The lowest BCUT2D eigenvalue weighted by atomic mass is 10.2. The van der Waals surface area contributed by atoms with E-state index in [1.165, 1.54) is 13.2 Å². The highest BCUT2D eigenvalue weighted by atomic mass is 35.5. The van der Waals surface area contributed by atoms with Crippen molar-refractivity contribution in [3.05, 3.63) is 58.2 Å². The summed E-state index contributed by atoms with van der Waals surface area (Å²) in [4.78, 5) is 28.5. The molecule has 3 aromatic rings. The third kappa shape index (κ3) is 5.11. The van der Waals surface area contributed by atoms with Crippen molar-refractivity contribution in [2.75, 3.05) is 25.6 Å². The molecule has 0 atom stereocenters. The molecule has 0 fully saturated rings. The molecule has 3 rings (SSSR count). The molecule has 7 nitrogen and oxygen atoms in total. The molecule has 1 aromatic heterocycles. The minimum Gasteiger partial charge on any atom is -0.495 e. The maximum atomic E-state index is 12.0. The smallest absolute Gasteiger partial charge is 0.344 e. The quantitative estimate of drug-likeness (QED) is 0.538. The number of nitrogens with one attached hydrogen (secondary N) is 1. The Bertz CT molecular complexity index is 1100. The zero-order chi connectivity index (χ0) is 21.7. The first-order chi connectivity index (χ1) is 14.4. The molecule has 0 spiro atoms. The molecule has 30 heavy (non-hydrogen) atoms. The van der Waals surface area contributed by atoms with Crippen LogP contribution in [0.3, 0.4) is 0 Å². The van der Waals surface area contributed by atoms with E-state index in [2.05, 4.69) is 10.3 Å². The van der Waals surface area contributed by atoms with Crippen molar-refractivity contribution >= 4 is 51.7 Å². The van der Waals surface area contributed by atoms with Gasteiger partial charge in [0.1, 0.15) is 11.3 Å². The van der Waals surface area contributed by atoms with Crippen LogP contribution >= 0.6 is 23.2 Å². The Kier molecular flexibility index (Phi) is 6.97. The lowest BCUT2D eigenvalue weighted by Gasteiger charge is -2.12. The number of anilines is 1. The van der Waals surface area contributed by atoms with Gasteiger partial charge < -0.3 is 19.5 Å². The average Bonchev–Trinajstić information content (AvgIpc) is 2.72. The Morgan fingerprint density at radius 2 is 1.83 bits per heavy atom. The summed E-state index contributed by atoms with van der Waals surface area (Å²) in [5.41, 5.74) is 1.65. The summed E-state index contributed by atoms with van der Waals surface area (Å²) in [6.45, 7) is 0.882. The number of esters is 1. The van der Waals surface area contributed by atoms with E-state index in [4.69, 9.17) is 37.4 Å². The van der Waals surface area contributed by atoms with Gasteiger partial charge in [-0.2, -0.15) is 0 Å². The largest absolute Gasteiger partial charge is 0.495 e. The van der Waals surface area contributed by atoms with Crippen molar-refractivity contribution < 1.29 is 23.8 Å². The Balaban J connectivity index is 1.60. The van der Waals surface area contributed by atoms with Crippen LogP contribution < -0.4 is 14.8 Å². The minimum absolute atomic E-state index is 0.215. The Morgan fingerprint density at radius 3 is 2.60 bits per heavy atom. The van der Waals surface area contributed by atoms with E-state index < -0.39 is 25.1 Å². The van der Waals surface area contributed by atoms with Crippen LogP contribution in [0.25, 0.3) is 10.9 Å².